The zero-order chi connectivity index (χ0) is 8.55. The second-order valence-corrected chi connectivity index (χ2v) is 3.52. The summed E-state index contributed by atoms with van der Waals surface area (Å²) in [6, 6.07) is 1.92. The van der Waals surface area contributed by atoms with Gasteiger partial charge in [0.2, 0.25) is 0 Å². The molecule has 0 aliphatic rings. The van der Waals surface area contributed by atoms with Gasteiger partial charge in [-0.2, -0.15) is 0 Å². The minimum atomic E-state index is 0. The molecule has 0 fully saturated rings. The Labute approximate surface area is 94.5 Å². The highest BCUT2D eigenvalue weighted by molar-refractivity contribution is 9.10. The Hall–Kier alpha value is -0.320. The van der Waals surface area contributed by atoms with E-state index < -0.39 is 0 Å². The average molecular weight is 283 g/mol. The number of aromatic nitrogens is 3. The Balaban J connectivity index is 0.000000845. The molecule has 1 N–H and O–H groups in total. The number of hydrogen-bond donors (Lipinski definition) is 1. The van der Waals surface area contributed by atoms with E-state index in [1.54, 1.807) is 6.20 Å². The third-order valence-corrected chi connectivity index (χ3v) is 2.17. The molecule has 0 bridgehead atoms. The van der Waals surface area contributed by atoms with Crippen LogP contribution in [0.15, 0.2) is 16.7 Å². The molecule has 0 aromatic carbocycles. The van der Waals surface area contributed by atoms with Crippen molar-refractivity contribution in [2.75, 3.05) is 0 Å². The molecule has 2 aromatic heterocycles. The van der Waals surface area contributed by atoms with Crippen LogP contribution in [-0.4, -0.2) is 15.0 Å². The van der Waals surface area contributed by atoms with E-state index in [-0.39, 0.29) is 12.4 Å². The van der Waals surface area contributed by atoms with Crippen LogP contribution in [0.2, 0.25) is 0 Å². The molecule has 2 aromatic rings. The molecule has 0 saturated carbocycles. The van der Waals surface area contributed by atoms with Gasteiger partial charge >= 0.3 is 0 Å². The van der Waals surface area contributed by atoms with Crippen LogP contribution < -0.4 is 0 Å². The number of aromatic amines is 1. The van der Waals surface area contributed by atoms with Gasteiger partial charge in [0, 0.05) is 10.7 Å². The summed E-state index contributed by atoms with van der Waals surface area (Å²) in [4.78, 5) is 11.3. The normalized spacial score (nSPS) is 10.0. The van der Waals surface area contributed by atoms with Crippen LogP contribution in [0, 0.1) is 0 Å². The van der Waals surface area contributed by atoms with Crippen LogP contribution >= 0.6 is 39.9 Å². The van der Waals surface area contributed by atoms with Gasteiger partial charge in [0.1, 0.15) is 5.82 Å². The summed E-state index contributed by atoms with van der Waals surface area (Å²) in [5.74, 6) is 1.13. The number of imidazole rings is 1. The zero-order valence-electron chi connectivity index (χ0n) is 6.42. The summed E-state index contributed by atoms with van der Waals surface area (Å²) in [6.45, 7) is 0. The lowest BCUT2D eigenvalue weighted by Gasteiger charge is -1.86. The van der Waals surface area contributed by atoms with Crippen molar-refractivity contribution in [1.82, 2.24) is 15.0 Å². The van der Waals surface area contributed by atoms with Gasteiger partial charge in [-0.1, -0.05) is 0 Å². The fraction of sp³-hybridized carbons (Fsp3) is 0.143. The maximum absolute atomic E-state index is 5.60. The van der Waals surface area contributed by atoms with E-state index in [1.807, 2.05) is 6.07 Å². The SMILES string of the molecule is Cl.ClCc1nc2ncc(Br)cc2[nH]1. The molecule has 13 heavy (non-hydrogen) atoms. The predicted molar refractivity (Wildman–Crippen MR) is 58.4 cm³/mol. The Morgan fingerprint density at radius 2 is 2.31 bits per heavy atom. The second-order valence-electron chi connectivity index (χ2n) is 2.34. The Bertz CT molecular complexity index is 415. The maximum Gasteiger partial charge on any atom is 0.177 e. The molecule has 0 atom stereocenters. The Kier molecular flexibility index (Phi) is 3.53. The van der Waals surface area contributed by atoms with Crippen molar-refractivity contribution in [3.8, 4) is 0 Å². The molecule has 2 heterocycles. The number of rotatable bonds is 1. The van der Waals surface area contributed by atoms with Gasteiger partial charge < -0.3 is 4.98 Å². The van der Waals surface area contributed by atoms with Crippen LogP contribution in [0.5, 0.6) is 0 Å². The minimum Gasteiger partial charge on any atom is -0.340 e. The molecule has 3 nitrogen and oxygen atoms in total. The van der Waals surface area contributed by atoms with Gasteiger partial charge in [-0.15, -0.1) is 24.0 Å². The van der Waals surface area contributed by atoms with E-state index in [9.17, 15) is 0 Å². The number of alkyl halides is 1. The summed E-state index contributed by atoms with van der Waals surface area (Å²) in [5.41, 5.74) is 1.61. The maximum atomic E-state index is 5.60. The highest BCUT2D eigenvalue weighted by Crippen LogP contribution is 2.15. The molecule has 2 rings (SSSR count). The molecule has 0 unspecified atom stereocenters. The monoisotopic (exact) mass is 281 g/mol. The fourth-order valence-corrected chi connectivity index (χ4v) is 1.45. The first kappa shape index (κ1) is 10.8. The van der Waals surface area contributed by atoms with E-state index >= 15 is 0 Å². The number of nitrogens with one attached hydrogen (secondary N) is 1. The smallest absolute Gasteiger partial charge is 0.177 e. The molecular weight excluding hydrogens is 277 g/mol. The molecule has 0 aliphatic carbocycles. The number of nitrogens with zero attached hydrogens (tertiary/aromatic N) is 2. The van der Waals surface area contributed by atoms with Gasteiger partial charge in [0.25, 0.3) is 0 Å². The number of pyridine rings is 1. The van der Waals surface area contributed by atoms with Crippen molar-refractivity contribution < 1.29 is 0 Å². The van der Waals surface area contributed by atoms with Crippen molar-refractivity contribution in [3.63, 3.8) is 0 Å². The van der Waals surface area contributed by atoms with Crippen molar-refractivity contribution in [3.05, 3.63) is 22.6 Å². The van der Waals surface area contributed by atoms with Gasteiger partial charge in [-0.3, -0.25) is 0 Å². The van der Waals surface area contributed by atoms with E-state index in [2.05, 4.69) is 30.9 Å². The van der Waals surface area contributed by atoms with Crippen LogP contribution in [0.1, 0.15) is 5.82 Å². The number of fused-ring (bicyclic) bond motifs is 1. The molecule has 0 amide bonds. The first-order valence-corrected chi connectivity index (χ1v) is 4.68. The van der Waals surface area contributed by atoms with Crippen LogP contribution in [0.3, 0.4) is 0 Å². The van der Waals surface area contributed by atoms with E-state index in [0.717, 1.165) is 15.8 Å². The van der Waals surface area contributed by atoms with Crippen LogP contribution in [0.25, 0.3) is 11.2 Å². The molecule has 0 radical (unpaired) electrons. The first-order chi connectivity index (χ1) is 5.79. The lowest BCUT2D eigenvalue weighted by atomic mass is 10.4. The molecular formula is C7H6BrCl2N3. The Morgan fingerprint density at radius 1 is 1.54 bits per heavy atom. The fourth-order valence-electron chi connectivity index (χ4n) is 0.988. The quantitative estimate of drug-likeness (QED) is 0.817. The Morgan fingerprint density at radius 3 is 3.00 bits per heavy atom. The predicted octanol–water partition coefficient (Wildman–Crippen LogP) is 2.88. The standard InChI is InChI=1S/C7H5BrClN3.ClH/c8-4-1-5-7(10-3-4)12-6(2-9)11-5;/h1,3H,2H2,(H,10,11,12);1H. The van der Waals surface area contributed by atoms with E-state index in [0.29, 0.717) is 11.5 Å². The van der Waals surface area contributed by atoms with Crippen molar-refractivity contribution >= 4 is 51.1 Å². The summed E-state index contributed by atoms with van der Waals surface area (Å²) in [5, 5.41) is 0. The molecule has 0 aliphatic heterocycles. The summed E-state index contributed by atoms with van der Waals surface area (Å²) in [6.07, 6.45) is 1.71. The van der Waals surface area contributed by atoms with Crippen LogP contribution in [0.4, 0.5) is 0 Å². The van der Waals surface area contributed by atoms with E-state index in [1.165, 1.54) is 0 Å². The summed E-state index contributed by atoms with van der Waals surface area (Å²) >= 11 is 8.93. The highest BCUT2D eigenvalue weighted by Gasteiger charge is 2.02. The second kappa shape index (κ2) is 4.26. The summed E-state index contributed by atoms with van der Waals surface area (Å²) < 4.78 is 0.930. The third kappa shape index (κ3) is 2.13. The van der Waals surface area contributed by atoms with Crippen molar-refractivity contribution in [2.45, 2.75) is 5.88 Å². The third-order valence-electron chi connectivity index (χ3n) is 1.48. The first-order valence-electron chi connectivity index (χ1n) is 3.35. The number of halogens is 3. The molecule has 70 valence electrons. The minimum absolute atomic E-state index is 0. The van der Waals surface area contributed by atoms with Gasteiger partial charge in [-0.25, -0.2) is 9.97 Å². The molecule has 0 saturated heterocycles. The largest absolute Gasteiger partial charge is 0.340 e. The van der Waals surface area contributed by atoms with Gasteiger partial charge in [-0.05, 0) is 22.0 Å². The van der Waals surface area contributed by atoms with Crippen LogP contribution in [-0.2, 0) is 5.88 Å². The zero-order valence-corrected chi connectivity index (χ0v) is 9.58. The average Bonchev–Trinajstić information content (AvgIpc) is 2.46. The number of H-pyrrole nitrogens is 1. The topological polar surface area (TPSA) is 41.6 Å². The van der Waals surface area contributed by atoms with Gasteiger partial charge in [0.05, 0.1) is 11.4 Å². The number of hydrogen-bond acceptors (Lipinski definition) is 2. The van der Waals surface area contributed by atoms with Crippen molar-refractivity contribution in [1.29, 1.82) is 0 Å². The van der Waals surface area contributed by atoms with E-state index in [4.69, 9.17) is 11.6 Å². The highest BCUT2D eigenvalue weighted by atomic mass is 79.9. The molecule has 6 heteroatoms. The molecule has 0 spiro atoms. The summed E-state index contributed by atoms with van der Waals surface area (Å²) in [7, 11) is 0. The van der Waals surface area contributed by atoms with Crippen molar-refractivity contribution in [2.24, 2.45) is 0 Å². The lowest BCUT2D eigenvalue weighted by molar-refractivity contribution is 1.13. The lowest BCUT2D eigenvalue weighted by Crippen LogP contribution is -1.77. The van der Waals surface area contributed by atoms with Gasteiger partial charge in [0.15, 0.2) is 5.65 Å².